The normalized spacial score (nSPS) is 10.2. The molecule has 0 unspecified atom stereocenters. The van der Waals surface area contributed by atoms with Gasteiger partial charge in [0, 0.05) is 6.54 Å². The summed E-state index contributed by atoms with van der Waals surface area (Å²) in [6.07, 6.45) is 0. The van der Waals surface area contributed by atoms with Gasteiger partial charge in [-0.1, -0.05) is 0 Å². The van der Waals surface area contributed by atoms with Gasteiger partial charge in [-0.15, -0.1) is 0 Å². The number of likely N-dealkylation sites (N-methyl/N-ethyl adjacent to an activating group) is 1. The number of hydrogen-bond acceptors (Lipinski definition) is 2. The Balaban J connectivity index is 4.72. The summed E-state index contributed by atoms with van der Waals surface area (Å²) in [4.78, 5) is 6.11. The minimum Gasteiger partial charge on any atom is -0.391 e. The third-order valence-electron chi connectivity index (χ3n) is 1.13. The van der Waals surface area contributed by atoms with Gasteiger partial charge in [0.15, 0.2) is 0 Å². The van der Waals surface area contributed by atoms with Crippen LogP contribution in [-0.2, 0) is 0 Å². The summed E-state index contributed by atoms with van der Waals surface area (Å²) in [6.45, 7) is 15.8. The van der Waals surface area contributed by atoms with Crippen LogP contribution in [0.25, 0.3) is 9.69 Å². The molecule has 0 radical (unpaired) electrons. The molecule has 60 valence electrons. The van der Waals surface area contributed by atoms with E-state index in [0.717, 1.165) is 0 Å². The molecule has 0 heterocycles. The van der Waals surface area contributed by atoms with Crippen molar-refractivity contribution in [1.29, 1.82) is 5.26 Å². The summed E-state index contributed by atoms with van der Waals surface area (Å²) in [5.41, 5.74) is 0.401. The van der Waals surface area contributed by atoms with Crippen LogP contribution in [0.5, 0.6) is 0 Å². The standard InChI is InChI=1S/C8H8N4/c1-4-12-8(6-10-2)7(5-9)11-3/h12H,4,6H2,1H3/b8-7+. The molecule has 0 saturated heterocycles. The predicted octanol–water partition coefficient (Wildman–Crippen LogP) is 1.17. The van der Waals surface area contributed by atoms with Gasteiger partial charge in [0.25, 0.3) is 5.70 Å². The molecule has 12 heavy (non-hydrogen) atoms. The first-order valence-corrected chi connectivity index (χ1v) is 3.37. The average Bonchev–Trinajstić information content (AvgIpc) is 2.07. The van der Waals surface area contributed by atoms with E-state index in [1.807, 2.05) is 6.92 Å². The second-order valence-corrected chi connectivity index (χ2v) is 1.90. The lowest BCUT2D eigenvalue weighted by Crippen LogP contribution is -2.15. The summed E-state index contributed by atoms with van der Waals surface area (Å²) in [5.74, 6) is 0. The fraction of sp³-hybridized carbons (Fsp3) is 0.375. The van der Waals surface area contributed by atoms with Crippen LogP contribution in [0.4, 0.5) is 0 Å². The molecule has 0 atom stereocenters. The molecule has 0 spiro atoms. The zero-order valence-corrected chi connectivity index (χ0v) is 6.76. The highest BCUT2D eigenvalue weighted by atomic mass is 14.9. The van der Waals surface area contributed by atoms with Crippen LogP contribution in [0, 0.1) is 24.5 Å². The van der Waals surface area contributed by atoms with Gasteiger partial charge < -0.3 is 10.2 Å². The van der Waals surface area contributed by atoms with Crippen molar-refractivity contribution in [3.63, 3.8) is 0 Å². The SMILES string of the molecule is [C-]#[N+]C/C(NCC)=C(/C#N)[N+]#[C-]. The first-order chi connectivity index (χ1) is 5.79. The molecule has 0 bridgehead atoms. The van der Waals surface area contributed by atoms with Crippen molar-refractivity contribution in [1.82, 2.24) is 5.32 Å². The Morgan fingerprint density at radius 3 is 2.58 bits per heavy atom. The van der Waals surface area contributed by atoms with Crippen molar-refractivity contribution in [2.24, 2.45) is 0 Å². The Morgan fingerprint density at radius 1 is 1.58 bits per heavy atom. The molecule has 0 aliphatic heterocycles. The Labute approximate surface area is 71.8 Å². The number of nitrogens with one attached hydrogen (secondary N) is 1. The summed E-state index contributed by atoms with van der Waals surface area (Å²) in [5, 5.41) is 11.3. The van der Waals surface area contributed by atoms with E-state index in [0.29, 0.717) is 12.2 Å². The molecule has 0 fully saturated rings. The van der Waals surface area contributed by atoms with Crippen molar-refractivity contribution in [2.45, 2.75) is 6.92 Å². The molecule has 4 heteroatoms. The fourth-order valence-corrected chi connectivity index (χ4v) is 0.667. The van der Waals surface area contributed by atoms with E-state index in [1.165, 1.54) is 0 Å². The van der Waals surface area contributed by atoms with Gasteiger partial charge in [0.05, 0.1) is 12.6 Å². The smallest absolute Gasteiger partial charge is 0.287 e. The first kappa shape index (κ1) is 10.0. The van der Waals surface area contributed by atoms with E-state index < -0.39 is 0 Å². The van der Waals surface area contributed by atoms with E-state index in [2.05, 4.69) is 15.0 Å². The molecule has 0 aromatic carbocycles. The molecule has 1 N–H and O–H groups in total. The lowest BCUT2D eigenvalue weighted by Gasteiger charge is -2.01. The Bertz CT molecular complexity index is 278. The molecule has 4 nitrogen and oxygen atoms in total. The van der Waals surface area contributed by atoms with Gasteiger partial charge in [0.1, 0.15) is 5.70 Å². The highest BCUT2D eigenvalue weighted by Gasteiger charge is 2.06. The molecule has 0 saturated carbocycles. The van der Waals surface area contributed by atoms with Crippen LogP contribution in [-0.4, -0.2) is 13.1 Å². The lowest BCUT2D eigenvalue weighted by atomic mass is 10.3. The fourth-order valence-electron chi connectivity index (χ4n) is 0.667. The largest absolute Gasteiger partial charge is 0.391 e. The van der Waals surface area contributed by atoms with Crippen LogP contribution < -0.4 is 5.32 Å². The van der Waals surface area contributed by atoms with Gasteiger partial charge in [-0.25, -0.2) is 16.7 Å². The van der Waals surface area contributed by atoms with Gasteiger partial charge in [0.2, 0.25) is 6.54 Å². The van der Waals surface area contributed by atoms with Gasteiger partial charge in [-0.2, -0.15) is 0 Å². The second-order valence-electron chi connectivity index (χ2n) is 1.90. The third kappa shape index (κ3) is 2.73. The Hall–Kier alpha value is -1.99. The van der Waals surface area contributed by atoms with Gasteiger partial charge in [-0.3, -0.25) is 0 Å². The zero-order valence-electron chi connectivity index (χ0n) is 6.76. The van der Waals surface area contributed by atoms with Crippen molar-refractivity contribution >= 4 is 0 Å². The predicted molar refractivity (Wildman–Crippen MR) is 44.4 cm³/mol. The monoisotopic (exact) mass is 160 g/mol. The molecule has 0 aliphatic rings. The maximum Gasteiger partial charge on any atom is 0.287 e. The molecular weight excluding hydrogens is 152 g/mol. The number of hydrogen-bond donors (Lipinski definition) is 1. The molecule has 0 rings (SSSR count). The maximum atomic E-state index is 8.49. The van der Waals surface area contributed by atoms with E-state index in [4.69, 9.17) is 18.4 Å². The van der Waals surface area contributed by atoms with Crippen molar-refractivity contribution in [3.05, 3.63) is 34.2 Å². The Kier molecular flexibility index (Phi) is 4.81. The van der Waals surface area contributed by atoms with Crippen LogP contribution in [0.15, 0.2) is 11.4 Å². The number of rotatable bonds is 3. The topological polar surface area (TPSA) is 44.5 Å². The molecular formula is C8H8N4. The highest BCUT2D eigenvalue weighted by molar-refractivity contribution is 5.33. The van der Waals surface area contributed by atoms with E-state index >= 15 is 0 Å². The second kappa shape index (κ2) is 5.77. The summed E-state index contributed by atoms with van der Waals surface area (Å²) < 4.78 is 0. The van der Waals surface area contributed by atoms with Gasteiger partial charge in [-0.05, 0) is 6.92 Å². The summed E-state index contributed by atoms with van der Waals surface area (Å²) >= 11 is 0. The Morgan fingerprint density at radius 2 is 2.25 bits per heavy atom. The maximum absolute atomic E-state index is 8.49. The number of nitriles is 1. The van der Waals surface area contributed by atoms with Crippen LogP contribution >= 0.6 is 0 Å². The average molecular weight is 160 g/mol. The van der Waals surface area contributed by atoms with E-state index in [9.17, 15) is 0 Å². The first-order valence-electron chi connectivity index (χ1n) is 3.37. The van der Waals surface area contributed by atoms with Crippen LogP contribution in [0.3, 0.4) is 0 Å². The number of nitrogens with zero attached hydrogens (tertiary/aromatic N) is 3. The summed E-state index contributed by atoms with van der Waals surface area (Å²) in [6, 6.07) is 1.74. The van der Waals surface area contributed by atoms with Crippen molar-refractivity contribution < 1.29 is 0 Å². The van der Waals surface area contributed by atoms with Crippen molar-refractivity contribution in [2.75, 3.05) is 13.1 Å². The lowest BCUT2D eigenvalue weighted by molar-refractivity contribution is 0.839. The quantitative estimate of drug-likeness (QED) is 0.497. The van der Waals surface area contributed by atoms with E-state index in [-0.39, 0.29) is 12.2 Å². The molecule has 0 aliphatic carbocycles. The zero-order chi connectivity index (χ0) is 9.40. The minimum absolute atomic E-state index is 0.0205. The minimum atomic E-state index is -0.0205. The molecule has 0 aromatic rings. The number of allylic oxidation sites excluding steroid dienone is 1. The van der Waals surface area contributed by atoms with Gasteiger partial charge >= 0.3 is 0 Å². The van der Waals surface area contributed by atoms with Crippen LogP contribution in [0.2, 0.25) is 0 Å². The highest BCUT2D eigenvalue weighted by Crippen LogP contribution is 2.02. The summed E-state index contributed by atoms with van der Waals surface area (Å²) in [7, 11) is 0. The van der Waals surface area contributed by atoms with Crippen molar-refractivity contribution in [3.8, 4) is 6.07 Å². The molecule has 0 aromatic heterocycles. The van der Waals surface area contributed by atoms with Crippen LogP contribution in [0.1, 0.15) is 6.92 Å². The van der Waals surface area contributed by atoms with E-state index in [1.54, 1.807) is 6.07 Å². The third-order valence-corrected chi connectivity index (χ3v) is 1.13. The molecule has 0 amide bonds.